The Morgan fingerprint density at radius 1 is 1.28 bits per heavy atom. The number of aromatic amines is 1. The average molecular weight is 376 g/mol. The zero-order chi connectivity index (χ0) is 18.1. The molecule has 9 heteroatoms. The number of nitrogens with one attached hydrogen (secondary N) is 4. The van der Waals surface area contributed by atoms with Gasteiger partial charge >= 0.3 is 5.69 Å². The Labute approximate surface area is 154 Å². The molecule has 0 atom stereocenters. The minimum absolute atomic E-state index is 0. The second-order valence-corrected chi connectivity index (χ2v) is 6.18. The van der Waals surface area contributed by atoms with E-state index in [0.29, 0.717) is 19.0 Å². The van der Waals surface area contributed by atoms with Gasteiger partial charge in [0.2, 0.25) is 5.91 Å². The molecule has 0 bridgehead atoms. The van der Waals surface area contributed by atoms with Gasteiger partial charge in [-0.05, 0) is 25.8 Å². The summed E-state index contributed by atoms with van der Waals surface area (Å²) in [6, 6.07) is 0. The van der Waals surface area contributed by atoms with Crippen LogP contribution in [0.2, 0.25) is 0 Å². The maximum atomic E-state index is 12.2. The summed E-state index contributed by atoms with van der Waals surface area (Å²) in [5, 5.41) is 8.50. The van der Waals surface area contributed by atoms with Gasteiger partial charge in [-0.1, -0.05) is 27.2 Å². The van der Waals surface area contributed by atoms with Crippen LogP contribution in [-0.4, -0.2) is 35.6 Å². The van der Waals surface area contributed by atoms with Crippen molar-refractivity contribution in [3.63, 3.8) is 0 Å². The summed E-state index contributed by atoms with van der Waals surface area (Å²) >= 11 is 0. The van der Waals surface area contributed by atoms with Gasteiger partial charge in [0.05, 0.1) is 6.54 Å². The molecule has 0 aliphatic rings. The molecule has 4 N–H and O–H groups in total. The van der Waals surface area contributed by atoms with E-state index < -0.39 is 11.2 Å². The summed E-state index contributed by atoms with van der Waals surface area (Å²) in [5.41, 5.74) is -0.797. The van der Waals surface area contributed by atoms with Crippen LogP contribution in [0.1, 0.15) is 40.0 Å². The van der Waals surface area contributed by atoms with E-state index in [1.165, 1.54) is 4.57 Å². The SMILES string of the molecule is CCCCn1c(NC(=O)CNC)c(NCCC(C)C)c(=O)[nH]c1=O.Cl. The molecule has 0 aromatic carbocycles. The number of anilines is 2. The second kappa shape index (κ2) is 11.7. The Hall–Kier alpha value is -1.80. The lowest BCUT2D eigenvalue weighted by Crippen LogP contribution is -2.37. The predicted octanol–water partition coefficient (Wildman–Crippen LogP) is 1.37. The molecule has 25 heavy (non-hydrogen) atoms. The number of amides is 1. The highest BCUT2D eigenvalue weighted by Gasteiger charge is 2.17. The highest BCUT2D eigenvalue weighted by molar-refractivity contribution is 5.94. The van der Waals surface area contributed by atoms with Gasteiger partial charge < -0.3 is 16.0 Å². The number of nitrogens with zero attached hydrogens (tertiary/aromatic N) is 1. The summed E-state index contributed by atoms with van der Waals surface area (Å²) in [5.74, 6) is 0.408. The number of rotatable bonds is 10. The minimum atomic E-state index is -0.517. The van der Waals surface area contributed by atoms with E-state index in [-0.39, 0.29) is 36.4 Å². The van der Waals surface area contributed by atoms with Crippen molar-refractivity contribution < 1.29 is 4.79 Å². The summed E-state index contributed by atoms with van der Waals surface area (Å²) in [4.78, 5) is 38.6. The van der Waals surface area contributed by atoms with Crippen LogP contribution in [0.4, 0.5) is 11.5 Å². The van der Waals surface area contributed by atoms with Gasteiger partial charge in [0, 0.05) is 13.1 Å². The van der Waals surface area contributed by atoms with Crippen LogP contribution in [0.3, 0.4) is 0 Å². The Morgan fingerprint density at radius 3 is 2.52 bits per heavy atom. The Morgan fingerprint density at radius 2 is 1.96 bits per heavy atom. The predicted molar refractivity (Wildman–Crippen MR) is 104 cm³/mol. The maximum absolute atomic E-state index is 12.2. The molecule has 144 valence electrons. The fourth-order valence-electron chi connectivity index (χ4n) is 2.22. The molecule has 1 amide bonds. The monoisotopic (exact) mass is 375 g/mol. The quantitative estimate of drug-likeness (QED) is 0.494. The summed E-state index contributed by atoms with van der Waals surface area (Å²) in [6.45, 7) is 7.30. The molecule has 0 radical (unpaired) electrons. The molecule has 0 saturated carbocycles. The molecule has 1 heterocycles. The Balaban J connectivity index is 0.00000576. The summed E-state index contributed by atoms with van der Waals surface area (Å²) in [7, 11) is 1.66. The highest BCUT2D eigenvalue weighted by atomic mass is 35.5. The smallest absolute Gasteiger partial charge is 0.330 e. The van der Waals surface area contributed by atoms with Crippen molar-refractivity contribution in [2.45, 2.75) is 46.6 Å². The van der Waals surface area contributed by atoms with Crippen LogP contribution in [-0.2, 0) is 11.3 Å². The van der Waals surface area contributed by atoms with Gasteiger partial charge in [0.15, 0.2) is 0 Å². The Bertz CT molecular complexity index is 654. The fraction of sp³-hybridized carbons (Fsp3) is 0.688. The first kappa shape index (κ1) is 23.2. The summed E-state index contributed by atoms with van der Waals surface area (Å²) in [6.07, 6.45) is 2.54. The van der Waals surface area contributed by atoms with Gasteiger partial charge in [-0.15, -0.1) is 12.4 Å². The number of unbranched alkanes of at least 4 members (excludes halogenated alkanes) is 1. The first-order chi connectivity index (χ1) is 11.4. The minimum Gasteiger partial charge on any atom is -0.378 e. The highest BCUT2D eigenvalue weighted by Crippen LogP contribution is 2.16. The third-order valence-corrected chi connectivity index (χ3v) is 3.55. The molecule has 0 aliphatic heterocycles. The van der Waals surface area contributed by atoms with Crippen molar-refractivity contribution in [1.29, 1.82) is 0 Å². The van der Waals surface area contributed by atoms with E-state index in [2.05, 4.69) is 34.8 Å². The van der Waals surface area contributed by atoms with Crippen LogP contribution in [0.25, 0.3) is 0 Å². The van der Waals surface area contributed by atoms with Crippen LogP contribution < -0.4 is 27.2 Å². The van der Waals surface area contributed by atoms with Crippen molar-refractivity contribution in [1.82, 2.24) is 14.9 Å². The van der Waals surface area contributed by atoms with E-state index >= 15 is 0 Å². The maximum Gasteiger partial charge on any atom is 0.330 e. The molecule has 1 rings (SSSR count). The number of hydrogen-bond donors (Lipinski definition) is 4. The van der Waals surface area contributed by atoms with E-state index in [4.69, 9.17) is 0 Å². The lowest BCUT2D eigenvalue weighted by atomic mass is 10.1. The third-order valence-electron chi connectivity index (χ3n) is 3.55. The van der Waals surface area contributed by atoms with E-state index in [1.54, 1.807) is 7.05 Å². The number of aromatic nitrogens is 2. The Kier molecular flexibility index (Phi) is 10.9. The van der Waals surface area contributed by atoms with E-state index in [1.807, 2.05) is 6.92 Å². The second-order valence-electron chi connectivity index (χ2n) is 6.18. The zero-order valence-corrected chi connectivity index (χ0v) is 16.2. The van der Waals surface area contributed by atoms with E-state index in [0.717, 1.165) is 19.3 Å². The van der Waals surface area contributed by atoms with Crippen LogP contribution in [0.5, 0.6) is 0 Å². The fourth-order valence-corrected chi connectivity index (χ4v) is 2.22. The lowest BCUT2D eigenvalue weighted by Gasteiger charge is -2.18. The number of likely N-dealkylation sites (N-methyl/N-ethyl adjacent to an activating group) is 1. The molecule has 0 aliphatic carbocycles. The molecular formula is C16H30ClN5O3. The molecule has 0 fully saturated rings. The van der Waals surface area contributed by atoms with Gasteiger partial charge in [0.25, 0.3) is 5.56 Å². The van der Waals surface area contributed by atoms with E-state index in [9.17, 15) is 14.4 Å². The largest absolute Gasteiger partial charge is 0.378 e. The molecule has 0 saturated heterocycles. The van der Waals surface area contributed by atoms with Gasteiger partial charge in [-0.2, -0.15) is 0 Å². The molecule has 8 nitrogen and oxygen atoms in total. The standard InChI is InChI=1S/C16H29N5O3.ClH/c1-5-6-9-21-14(19-12(22)10-17-4)13(15(23)20-16(21)24)18-8-7-11(2)3;/h11,17-18H,5-10H2,1-4H3,(H,19,22)(H,20,23,24);1H. The molecule has 1 aromatic heterocycles. The average Bonchev–Trinajstić information content (AvgIpc) is 2.49. The normalized spacial score (nSPS) is 10.4. The topological polar surface area (TPSA) is 108 Å². The van der Waals surface area contributed by atoms with Gasteiger partial charge in [0.1, 0.15) is 11.5 Å². The van der Waals surface area contributed by atoms with Gasteiger partial charge in [-0.25, -0.2) is 4.79 Å². The van der Waals surface area contributed by atoms with Crippen molar-refractivity contribution in [3.05, 3.63) is 20.8 Å². The zero-order valence-electron chi connectivity index (χ0n) is 15.4. The number of halogens is 1. The molecule has 0 spiro atoms. The first-order valence-corrected chi connectivity index (χ1v) is 8.46. The number of carbonyl (C=O) groups is 1. The van der Waals surface area contributed by atoms with Crippen molar-refractivity contribution >= 4 is 29.8 Å². The lowest BCUT2D eigenvalue weighted by molar-refractivity contribution is -0.115. The first-order valence-electron chi connectivity index (χ1n) is 8.46. The summed E-state index contributed by atoms with van der Waals surface area (Å²) < 4.78 is 1.41. The number of hydrogen-bond acceptors (Lipinski definition) is 5. The number of carbonyl (C=O) groups excluding carboxylic acids is 1. The van der Waals surface area contributed by atoms with Crippen LogP contribution >= 0.6 is 12.4 Å². The van der Waals surface area contributed by atoms with Crippen molar-refractivity contribution in [3.8, 4) is 0 Å². The molecular weight excluding hydrogens is 346 g/mol. The number of H-pyrrole nitrogens is 1. The van der Waals surface area contributed by atoms with Crippen molar-refractivity contribution in [2.24, 2.45) is 5.92 Å². The van der Waals surface area contributed by atoms with Gasteiger partial charge in [-0.3, -0.25) is 19.1 Å². The van der Waals surface area contributed by atoms with Crippen LogP contribution in [0, 0.1) is 5.92 Å². The molecule has 1 aromatic rings. The van der Waals surface area contributed by atoms with Crippen molar-refractivity contribution in [2.75, 3.05) is 30.8 Å². The van der Waals surface area contributed by atoms with Crippen LogP contribution in [0.15, 0.2) is 9.59 Å². The third kappa shape index (κ3) is 7.31. The molecule has 0 unspecified atom stereocenters.